The number of hydrogen-bond donors (Lipinski definition) is 0. The minimum absolute atomic E-state index is 0.153. The Bertz CT molecular complexity index is 509. The molecule has 15 heavy (non-hydrogen) atoms. The molecule has 0 saturated carbocycles. The Morgan fingerprint density at radius 1 is 1.27 bits per heavy atom. The van der Waals surface area contributed by atoms with E-state index in [2.05, 4.69) is 11.1 Å². The quantitative estimate of drug-likeness (QED) is 0.713. The fourth-order valence-corrected chi connectivity index (χ4v) is 1.42. The van der Waals surface area contributed by atoms with E-state index in [0.29, 0.717) is 5.39 Å². The van der Waals surface area contributed by atoms with E-state index < -0.39 is 11.6 Å². The molecule has 0 unspecified atom stereocenters. The highest BCUT2D eigenvalue weighted by atomic mass is 19.2. The lowest BCUT2D eigenvalue weighted by Gasteiger charge is -2.14. The number of halogens is 2. The van der Waals surface area contributed by atoms with Crippen molar-refractivity contribution >= 4 is 16.5 Å². The van der Waals surface area contributed by atoms with Gasteiger partial charge in [-0.05, 0) is 11.5 Å². The summed E-state index contributed by atoms with van der Waals surface area (Å²) < 4.78 is 27.1. The predicted molar refractivity (Wildman–Crippen MR) is 54.8 cm³/mol. The van der Waals surface area contributed by atoms with Gasteiger partial charge in [-0.1, -0.05) is 0 Å². The van der Waals surface area contributed by atoms with Crippen molar-refractivity contribution in [3.63, 3.8) is 0 Å². The summed E-state index contributed by atoms with van der Waals surface area (Å²) in [5.74, 6) is -1.73. The van der Waals surface area contributed by atoms with Gasteiger partial charge in [-0.3, -0.25) is 4.98 Å². The number of benzene rings is 1. The number of aromatic nitrogens is 1. The Morgan fingerprint density at radius 3 is 2.67 bits per heavy atom. The van der Waals surface area contributed by atoms with Crippen molar-refractivity contribution in [2.24, 2.45) is 0 Å². The summed E-state index contributed by atoms with van der Waals surface area (Å²) in [5.41, 5.74) is 0.211. The fourth-order valence-electron chi connectivity index (χ4n) is 1.42. The molecule has 0 saturated heterocycles. The standard InChI is InChI=1S/C11H9F2N2/c1-15(2)9-5-7-3-4-14-6-8(7)10(12)11(9)13/h4-6H,1-2H3. The second-order valence-corrected chi connectivity index (χ2v) is 3.43. The van der Waals surface area contributed by atoms with E-state index in [-0.39, 0.29) is 11.1 Å². The Balaban J connectivity index is 2.82. The Morgan fingerprint density at radius 2 is 2.00 bits per heavy atom. The van der Waals surface area contributed by atoms with Gasteiger partial charge in [0.25, 0.3) is 0 Å². The first kappa shape index (κ1) is 9.83. The molecular formula is C11H9F2N2. The summed E-state index contributed by atoms with van der Waals surface area (Å²) in [4.78, 5) is 5.23. The third kappa shape index (κ3) is 1.52. The fraction of sp³-hybridized carbons (Fsp3) is 0.182. The van der Waals surface area contributed by atoms with Crippen LogP contribution in [0.4, 0.5) is 14.5 Å². The Hall–Kier alpha value is -1.71. The van der Waals surface area contributed by atoms with Crippen molar-refractivity contribution in [3.05, 3.63) is 36.2 Å². The van der Waals surface area contributed by atoms with Gasteiger partial charge in [0.15, 0.2) is 11.6 Å². The van der Waals surface area contributed by atoms with Crippen molar-refractivity contribution in [2.75, 3.05) is 19.0 Å². The van der Waals surface area contributed by atoms with Gasteiger partial charge in [0, 0.05) is 37.9 Å². The average Bonchev–Trinajstić information content (AvgIpc) is 2.23. The zero-order valence-electron chi connectivity index (χ0n) is 8.38. The molecule has 0 fully saturated rings. The maximum Gasteiger partial charge on any atom is 0.182 e. The smallest absolute Gasteiger partial charge is 0.182 e. The van der Waals surface area contributed by atoms with E-state index in [0.717, 1.165) is 0 Å². The molecule has 0 atom stereocenters. The van der Waals surface area contributed by atoms with Gasteiger partial charge in [0.05, 0.1) is 5.69 Å². The van der Waals surface area contributed by atoms with Crippen LogP contribution in [0.25, 0.3) is 10.8 Å². The predicted octanol–water partition coefficient (Wildman–Crippen LogP) is 2.38. The normalized spacial score (nSPS) is 10.7. The molecule has 0 amide bonds. The van der Waals surface area contributed by atoms with Crippen molar-refractivity contribution < 1.29 is 8.78 Å². The molecule has 1 aromatic carbocycles. The van der Waals surface area contributed by atoms with Crippen molar-refractivity contribution in [2.45, 2.75) is 0 Å². The molecular weight excluding hydrogens is 198 g/mol. The summed E-state index contributed by atoms with van der Waals surface area (Å²) >= 11 is 0. The van der Waals surface area contributed by atoms with E-state index in [1.165, 1.54) is 17.3 Å². The minimum Gasteiger partial charge on any atom is -0.375 e. The third-order valence-corrected chi connectivity index (χ3v) is 2.21. The van der Waals surface area contributed by atoms with E-state index in [9.17, 15) is 8.78 Å². The zero-order chi connectivity index (χ0) is 11.0. The van der Waals surface area contributed by atoms with Crippen molar-refractivity contribution in [1.82, 2.24) is 4.98 Å². The number of hydrogen-bond acceptors (Lipinski definition) is 2. The lowest BCUT2D eigenvalue weighted by atomic mass is 10.1. The number of pyridine rings is 1. The molecule has 0 aliphatic heterocycles. The minimum atomic E-state index is -0.874. The summed E-state index contributed by atoms with van der Waals surface area (Å²) in [6.45, 7) is 0. The summed E-state index contributed by atoms with van der Waals surface area (Å²) in [7, 11) is 3.32. The highest BCUT2D eigenvalue weighted by molar-refractivity contribution is 5.85. The average molecular weight is 207 g/mol. The number of fused-ring (bicyclic) bond motifs is 1. The van der Waals surface area contributed by atoms with Gasteiger partial charge in [-0.25, -0.2) is 8.78 Å². The van der Waals surface area contributed by atoms with Gasteiger partial charge in [-0.2, -0.15) is 0 Å². The lowest BCUT2D eigenvalue weighted by molar-refractivity contribution is 0.517. The lowest BCUT2D eigenvalue weighted by Crippen LogP contribution is -2.11. The molecule has 0 aliphatic carbocycles. The topological polar surface area (TPSA) is 16.1 Å². The van der Waals surface area contributed by atoms with Crippen LogP contribution in [0.15, 0.2) is 18.5 Å². The molecule has 77 valence electrons. The molecule has 0 bridgehead atoms. The SMILES string of the molecule is CN(C)c1cc2[c]cncc2c(F)c1F. The van der Waals surface area contributed by atoms with Crippen LogP contribution in [0.5, 0.6) is 0 Å². The molecule has 1 radical (unpaired) electrons. The van der Waals surface area contributed by atoms with Gasteiger partial charge in [-0.15, -0.1) is 0 Å². The van der Waals surface area contributed by atoms with E-state index in [4.69, 9.17) is 0 Å². The molecule has 1 heterocycles. The van der Waals surface area contributed by atoms with Crippen LogP contribution in [-0.4, -0.2) is 19.1 Å². The highest BCUT2D eigenvalue weighted by Gasteiger charge is 2.14. The number of nitrogens with zero attached hydrogens (tertiary/aromatic N) is 2. The zero-order valence-corrected chi connectivity index (χ0v) is 8.38. The van der Waals surface area contributed by atoms with Crippen LogP contribution in [0.3, 0.4) is 0 Å². The van der Waals surface area contributed by atoms with Gasteiger partial charge < -0.3 is 4.90 Å². The van der Waals surface area contributed by atoms with Crippen LogP contribution in [0.1, 0.15) is 0 Å². The molecule has 1 aromatic heterocycles. The summed E-state index contributed by atoms with van der Waals surface area (Å²) in [5, 5.41) is 0.674. The van der Waals surface area contributed by atoms with Crippen molar-refractivity contribution in [1.29, 1.82) is 0 Å². The molecule has 0 spiro atoms. The number of rotatable bonds is 1. The maximum absolute atomic E-state index is 13.6. The third-order valence-electron chi connectivity index (χ3n) is 2.21. The molecule has 2 rings (SSSR count). The van der Waals surface area contributed by atoms with Crippen molar-refractivity contribution in [3.8, 4) is 0 Å². The molecule has 4 heteroatoms. The molecule has 2 nitrogen and oxygen atoms in total. The van der Waals surface area contributed by atoms with E-state index in [1.54, 1.807) is 20.2 Å². The van der Waals surface area contributed by atoms with Gasteiger partial charge >= 0.3 is 0 Å². The molecule has 0 aliphatic rings. The van der Waals surface area contributed by atoms with Crippen LogP contribution >= 0.6 is 0 Å². The largest absolute Gasteiger partial charge is 0.375 e. The van der Waals surface area contributed by atoms with Crippen LogP contribution in [0.2, 0.25) is 0 Å². The first-order valence-electron chi connectivity index (χ1n) is 4.42. The van der Waals surface area contributed by atoms with E-state index in [1.807, 2.05) is 0 Å². The summed E-state index contributed by atoms with van der Waals surface area (Å²) in [6.07, 6.45) is 2.73. The van der Waals surface area contributed by atoms with Gasteiger partial charge in [0.2, 0.25) is 0 Å². The van der Waals surface area contributed by atoms with Crippen LogP contribution in [-0.2, 0) is 0 Å². The van der Waals surface area contributed by atoms with Crippen LogP contribution in [0, 0.1) is 17.7 Å². The Kier molecular flexibility index (Phi) is 2.26. The maximum atomic E-state index is 13.6. The monoisotopic (exact) mass is 207 g/mol. The van der Waals surface area contributed by atoms with Crippen LogP contribution < -0.4 is 4.90 Å². The second kappa shape index (κ2) is 3.46. The second-order valence-electron chi connectivity index (χ2n) is 3.43. The highest BCUT2D eigenvalue weighted by Crippen LogP contribution is 2.27. The first-order valence-corrected chi connectivity index (χ1v) is 4.42. The van der Waals surface area contributed by atoms with E-state index >= 15 is 0 Å². The Labute approximate surface area is 86.2 Å². The summed E-state index contributed by atoms with van der Waals surface area (Å²) in [6, 6.07) is 4.32. The number of anilines is 1. The van der Waals surface area contributed by atoms with Gasteiger partial charge in [0.1, 0.15) is 0 Å². The first-order chi connectivity index (χ1) is 7.11. The molecule has 2 aromatic rings. The molecule has 0 N–H and O–H groups in total.